The van der Waals surface area contributed by atoms with Gasteiger partial charge >= 0.3 is 0 Å². The standard InChI is InChI=1S/C14H19ClN2/c15-13-7-5-12(6-8-13)9-11-17-14-4-2-1-3-10-16-14/h5-8H,1-4,9-11H2,(H,16,17). The molecule has 2 rings (SSSR count). The van der Waals surface area contributed by atoms with Crippen molar-refractivity contribution in [2.45, 2.75) is 32.1 Å². The highest BCUT2D eigenvalue weighted by atomic mass is 35.5. The SMILES string of the molecule is Clc1ccc(CCNC2=NCCCCC2)cc1. The fraction of sp³-hybridized carbons (Fsp3) is 0.500. The van der Waals surface area contributed by atoms with Crippen molar-refractivity contribution in [2.75, 3.05) is 13.1 Å². The number of halogens is 1. The molecule has 1 N–H and O–H groups in total. The summed E-state index contributed by atoms with van der Waals surface area (Å²) in [6.07, 6.45) is 5.96. The van der Waals surface area contributed by atoms with Crippen LogP contribution in [-0.4, -0.2) is 18.9 Å². The summed E-state index contributed by atoms with van der Waals surface area (Å²) in [6.45, 7) is 1.95. The summed E-state index contributed by atoms with van der Waals surface area (Å²) >= 11 is 5.85. The van der Waals surface area contributed by atoms with Crippen molar-refractivity contribution in [2.24, 2.45) is 4.99 Å². The van der Waals surface area contributed by atoms with Gasteiger partial charge in [0.15, 0.2) is 0 Å². The fourth-order valence-electron chi connectivity index (χ4n) is 2.02. The molecule has 0 aliphatic carbocycles. The minimum Gasteiger partial charge on any atom is -0.374 e. The number of rotatable bonds is 3. The molecule has 0 fully saturated rings. The van der Waals surface area contributed by atoms with E-state index in [4.69, 9.17) is 11.6 Å². The molecule has 1 aliphatic heterocycles. The molecule has 0 aromatic heterocycles. The molecule has 3 heteroatoms. The maximum absolute atomic E-state index is 5.85. The monoisotopic (exact) mass is 250 g/mol. The molecule has 2 nitrogen and oxygen atoms in total. The predicted molar refractivity (Wildman–Crippen MR) is 73.9 cm³/mol. The van der Waals surface area contributed by atoms with Gasteiger partial charge in [-0.1, -0.05) is 30.2 Å². The van der Waals surface area contributed by atoms with Gasteiger partial charge in [0.2, 0.25) is 0 Å². The first-order valence-corrected chi connectivity index (χ1v) is 6.74. The van der Waals surface area contributed by atoms with Gasteiger partial charge < -0.3 is 5.32 Å². The molecule has 0 amide bonds. The third-order valence-electron chi connectivity index (χ3n) is 3.03. The molecule has 0 radical (unpaired) electrons. The Balaban J connectivity index is 1.75. The number of amidine groups is 1. The lowest BCUT2D eigenvalue weighted by Crippen LogP contribution is -2.25. The summed E-state index contributed by atoms with van der Waals surface area (Å²) in [5.41, 5.74) is 1.32. The molecule has 1 aliphatic rings. The van der Waals surface area contributed by atoms with Crippen molar-refractivity contribution in [3.05, 3.63) is 34.9 Å². The molecule has 0 atom stereocenters. The molecule has 0 saturated heterocycles. The van der Waals surface area contributed by atoms with E-state index in [1.54, 1.807) is 0 Å². The Morgan fingerprint density at radius 3 is 2.76 bits per heavy atom. The quantitative estimate of drug-likeness (QED) is 0.873. The van der Waals surface area contributed by atoms with E-state index < -0.39 is 0 Å². The molecular weight excluding hydrogens is 232 g/mol. The van der Waals surface area contributed by atoms with E-state index in [2.05, 4.69) is 22.4 Å². The second-order valence-electron chi connectivity index (χ2n) is 4.44. The van der Waals surface area contributed by atoms with Gasteiger partial charge in [-0.15, -0.1) is 0 Å². The Hall–Kier alpha value is -1.02. The summed E-state index contributed by atoms with van der Waals surface area (Å²) < 4.78 is 0. The van der Waals surface area contributed by atoms with Gasteiger partial charge in [0.1, 0.15) is 0 Å². The topological polar surface area (TPSA) is 24.4 Å². The summed E-state index contributed by atoms with van der Waals surface area (Å²) in [5, 5.41) is 4.24. The highest BCUT2D eigenvalue weighted by molar-refractivity contribution is 6.30. The zero-order chi connectivity index (χ0) is 11.9. The minimum atomic E-state index is 0.801. The normalized spacial score (nSPS) is 16.2. The van der Waals surface area contributed by atoms with Gasteiger partial charge in [0, 0.05) is 24.5 Å². The average molecular weight is 251 g/mol. The lowest BCUT2D eigenvalue weighted by molar-refractivity contribution is 0.728. The van der Waals surface area contributed by atoms with Gasteiger partial charge in [-0.05, 0) is 37.0 Å². The van der Waals surface area contributed by atoms with Crippen molar-refractivity contribution in [1.82, 2.24) is 5.32 Å². The fourth-order valence-corrected chi connectivity index (χ4v) is 2.15. The first kappa shape index (κ1) is 12.4. The van der Waals surface area contributed by atoms with Crippen LogP contribution >= 0.6 is 11.6 Å². The van der Waals surface area contributed by atoms with E-state index in [1.165, 1.54) is 30.7 Å². The van der Waals surface area contributed by atoms with E-state index in [0.29, 0.717) is 0 Å². The first-order valence-electron chi connectivity index (χ1n) is 6.36. The predicted octanol–water partition coefficient (Wildman–Crippen LogP) is 3.44. The van der Waals surface area contributed by atoms with Crippen LogP contribution in [0.5, 0.6) is 0 Å². The van der Waals surface area contributed by atoms with E-state index >= 15 is 0 Å². The minimum absolute atomic E-state index is 0.801. The van der Waals surface area contributed by atoms with Gasteiger partial charge in [-0.3, -0.25) is 4.99 Å². The molecule has 1 aromatic carbocycles. The Morgan fingerprint density at radius 1 is 1.12 bits per heavy atom. The van der Waals surface area contributed by atoms with Crippen LogP contribution in [0, 0.1) is 0 Å². The van der Waals surface area contributed by atoms with E-state index in [-0.39, 0.29) is 0 Å². The number of nitrogens with one attached hydrogen (secondary N) is 1. The van der Waals surface area contributed by atoms with Crippen molar-refractivity contribution in [1.29, 1.82) is 0 Å². The number of hydrogen-bond donors (Lipinski definition) is 1. The van der Waals surface area contributed by atoms with Crippen molar-refractivity contribution in [3.63, 3.8) is 0 Å². The van der Waals surface area contributed by atoms with E-state index in [1.807, 2.05) is 12.1 Å². The summed E-state index contributed by atoms with van der Waals surface area (Å²) in [4.78, 5) is 4.55. The zero-order valence-corrected chi connectivity index (χ0v) is 10.8. The maximum Gasteiger partial charge on any atom is 0.0963 e. The maximum atomic E-state index is 5.85. The Bertz CT molecular complexity index is 370. The Kier molecular flexibility index (Phi) is 4.87. The second-order valence-corrected chi connectivity index (χ2v) is 4.88. The van der Waals surface area contributed by atoms with Gasteiger partial charge in [-0.25, -0.2) is 0 Å². The van der Waals surface area contributed by atoms with Gasteiger partial charge in [-0.2, -0.15) is 0 Å². The number of nitrogens with zero attached hydrogens (tertiary/aromatic N) is 1. The Morgan fingerprint density at radius 2 is 1.94 bits per heavy atom. The zero-order valence-electron chi connectivity index (χ0n) is 10.1. The number of aliphatic imine (C=N–C) groups is 1. The highest BCUT2D eigenvalue weighted by Gasteiger charge is 2.03. The smallest absolute Gasteiger partial charge is 0.0963 e. The van der Waals surface area contributed by atoms with Gasteiger partial charge in [0.05, 0.1) is 5.84 Å². The molecule has 0 spiro atoms. The molecule has 92 valence electrons. The molecule has 0 unspecified atom stereocenters. The first-order chi connectivity index (χ1) is 8.34. The van der Waals surface area contributed by atoms with Crippen molar-refractivity contribution in [3.8, 4) is 0 Å². The van der Waals surface area contributed by atoms with Crippen LogP contribution in [0.1, 0.15) is 31.2 Å². The average Bonchev–Trinajstić information content (AvgIpc) is 2.60. The van der Waals surface area contributed by atoms with Crippen LogP contribution in [0.3, 0.4) is 0 Å². The third kappa shape index (κ3) is 4.39. The largest absolute Gasteiger partial charge is 0.374 e. The van der Waals surface area contributed by atoms with Crippen LogP contribution in [0.4, 0.5) is 0 Å². The number of benzene rings is 1. The Labute approximate surface area is 108 Å². The van der Waals surface area contributed by atoms with Crippen LogP contribution < -0.4 is 5.32 Å². The number of hydrogen-bond acceptors (Lipinski definition) is 2. The third-order valence-corrected chi connectivity index (χ3v) is 3.28. The van der Waals surface area contributed by atoms with Crippen molar-refractivity contribution >= 4 is 17.4 Å². The van der Waals surface area contributed by atoms with E-state index in [9.17, 15) is 0 Å². The molecule has 1 aromatic rings. The van der Waals surface area contributed by atoms with E-state index in [0.717, 1.165) is 31.0 Å². The highest BCUT2D eigenvalue weighted by Crippen LogP contribution is 2.10. The lowest BCUT2D eigenvalue weighted by Gasteiger charge is -2.08. The van der Waals surface area contributed by atoms with Crippen molar-refractivity contribution < 1.29 is 0 Å². The van der Waals surface area contributed by atoms with Gasteiger partial charge in [0.25, 0.3) is 0 Å². The van der Waals surface area contributed by atoms with Crippen LogP contribution in [0.2, 0.25) is 5.02 Å². The molecular formula is C14H19ClN2. The lowest BCUT2D eigenvalue weighted by atomic mass is 10.1. The summed E-state index contributed by atoms with van der Waals surface area (Å²) in [6, 6.07) is 8.05. The molecule has 1 heterocycles. The van der Waals surface area contributed by atoms with Crippen LogP contribution in [0.25, 0.3) is 0 Å². The van der Waals surface area contributed by atoms with Crippen LogP contribution in [-0.2, 0) is 6.42 Å². The summed E-state index contributed by atoms with van der Waals surface area (Å²) in [5.74, 6) is 1.19. The summed E-state index contributed by atoms with van der Waals surface area (Å²) in [7, 11) is 0. The molecule has 17 heavy (non-hydrogen) atoms. The molecule has 0 saturated carbocycles. The van der Waals surface area contributed by atoms with Crippen LogP contribution in [0.15, 0.2) is 29.3 Å². The second kappa shape index (κ2) is 6.65. The molecule has 0 bridgehead atoms.